The monoisotopic (exact) mass is 585 g/mol. The van der Waals surface area contributed by atoms with E-state index < -0.39 is 48.2 Å². The van der Waals surface area contributed by atoms with E-state index in [9.17, 15) is 24.3 Å². The van der Waals surface area contributed by atoms with Crippen molar-refractivity contribution in [3.05, 3.63) is 65.7 Å². The van der Waals surface area contributed by atoms with Crippen LogP contribution in [0.3, 0.4) is 0 Å². The molecule has 1 unspecified atom stereocenters. The molecule has 0 bridgehead atoms. The number of hydrogen-bond donors (Lipinski definition) is 2. The van der Waals surface area contributed by atoms with Crippen LogP contribution in [0, 0.1) is 5.92 Å². The molecule has 0 aliphatic heterocycles. The predicted molar refractivity (Wildman–Crippen MR) is 157 cm³/mol. The Morgan fingerprint density at radius 1 is 0.881 bits per heavy atom. The first-order chi connectivity index (χ1) is 19.8. The fourth-order valence-electron chi connectivity index (χ4n) is 4.26. The van der Waals surface area contributed by atoms with Gasteiger partial charge in [-0.25, -0.2) is 9.59 Å². The van der Waals surface area contributed by atoms with E-state index >= 15 is 0 Å². The van der Waals surface area contributed by atoms with Crippen LogP contribution < -0.4 is 10.1 Å². The van der Waals surface area contributed by atoms with Crippen LogP contribution in [-0.4, -0.2) is 91.3 Å². The van der Waals surface area contributed by atoms with Crippen molar-refractivity contribution < 1.29 is 38.5 Å². The zero-order valence-corrected chi connectivity index (χ0v) is 25.4. The Balaban J connectivity index is 2.11. The summed E-state index contributed by atoms with van der Waals surface area (Å²) in [6.45, 7) is 5.19. The zero-order chi connectivity index (χ0) is 31.4. The Kier molecular flexibility index (Phi) is 13.3. The topological polar surface area (TPSA) is 135 Å². The molecule has 0 aromatic heterocycles. The van der Waals surface area contributed by atoms with Crippen LogP contribution in [0.4, 0.5) is 4.79 Å². The standard InChI is InChI=1S/C31H43N3O8/c1-20(2)17-25(34(6)31(39)41-19-23-11-9-8-10-12-23)28(35)32-27(29(36)37)21(3)42-30(38)26(33(4)5)18-22-13-15-24(40-7)16-14-22/h8-16,20-21,25-27H,17-19H2,1-7H3,(H,32,35)(H,36,37)/t21-,25-,26+,27?/m1/s1. The molecule has 0 aliphatic carbocycles. The van der Waals surface area contributed by atoms with Crippen molar-refractivity contribution in [2.45, 2.75) is 64.4 Å². The van der Waals surface area contributed by atoms with Gasteiger partial charge in [0, 0.05) is 7.05 Å². The van der Waals surface area contributed by atoms with E-state index in [1.807, 2.05) is 56.3 Å². The molecule has 0 aliphatic rings. The third-order valence-electron chi connectivity index (χ3n) is 6.78. The van der Waals surface area contributed by atoms with Crippen molar-refractivity contribution in [2.75, 3.05) is 28.3 Å². The first-order valence-electron chi connectivity index (χ1n) is 13.8. The molecule has 2 rings (SSSR count). The van der Waals surface area contributed by atoms with E-state index in [4.69, 9.17) is 14.2 Å². The van der Waals surface area contributed by atoms with Crippen LogP contribution in [0.5, 0.6) is 5.75 Å². The number of carboxylic acids is 1. The quantitative estimate of drug-likeness (QED) is 0.302. The third kappa shape index (κ3) is 10.4. The molecule has 0 heterocycles. The van der Waals surface area contributed by atoms with Crippen molar-refractivity contribution in [2.24, 2.45) is 5.92 Å². The van der Waals surface area contributed by atoms with Gasteiger partial charge < -0.3 is 24.6 Å². The highest BCUT2D eigenvalue weighted by atomic mass is 16.6. The number of hydrogen-bond acceptors (Lipinski definition) is 8. The molecule has 0 saturated heterocycles. The van der Waals surface area contributed by atoms with Crippen LogP contribution in [0.2, 0.25) is 0 Å². The molecule has 2 amide bonds. The summed E-state index contributed by atoms with van der Waals surface area (Å²) >= 11 is 0. The van der Waals surface area contributed by atoms with Crippen molar-refractivity contribution in [3.8, 4) is 5.75 Å². The average molecular weight is 586 g/mol. The summed E-state index contributed by atoms with van der Waals surface area (Å²) < 4.78 is 16.1. The maximum atomic E-state index is 13.4. The number of nitrogens with zero attached hydrogens (tertiary/aromatic N) is 2. The second-order valence-electron chi connectivity index (χ2n) is 10.8. The summed E-state index contributed by atoms with van der Waals surface area (Å²) in [7, 11) is 6.44. The van der Waals surface area contributed by atoms with Crippen molar-refractivity contribution in [1.82, 2.24) is 15.1 Å². The Morgan fingerprint density at radius 2 is 1.50 bits per heavy atom. The number of carbonyl (C=O) groups is 4. The second kappa shape index (κ2) is 16.4. The van der Waals surface area contributed by atoms with Gasteiger partial charge in [-0.1, -0.05) is 56.3 Å². The molecule has 230 valence electrons. The van der Waals surface area contributed by atoms with Gasteiger partial charge >= 0.3 is 18.0 Å². The van der Waals surface area contributed by atoms with Gasteiger partial charge in [-0.05, 0) is 63.0 Å². The van der Waals surface area contributed by atoms with Gasteiger partial charge in [0.15, 0.2) is 6.04 Å². The molecule has 42 heavy (non-hydrogen) atoms. The predicted octanol–water partition coefficient (Wildman–Crippen LogP) is 3.35. The molecule has 11 nitrogen and oxygen atoms in total. The number of benzene rings is 2. The molecule has 0 saturated carbocycles. The number of nitrogens with one attached hydrogen (secondary N) is 1. The Labute approximate surface area is 247 Å². The van der Waals surface area contributed by atoms with Crippen LogP contribution in [0.15, 0.2) is 54.6 Å². The SMILES string of the molecule is COc1ccc(C[C@@H](C(=O)O[C@H](C)C(NC(=O)[C@@H](CC(C)C)N(C)C(=O)OCc2ccccc2)C(=O)O)N(C)C)cc1. The number of methoxy groups -OCH3 is 1. The highest BCUT2D eigenvalue weighted by molar-refractivity contribution is 5.89. The first kappa shape index (κ1) is 34.1. The lowest BCUT2D eigenvalue weighted by atomic mass is 10.0. The first-order valence-corrected chi connectivity index (χ1v) is 13.8. The number of likely N-dealkylation sites (N-methyl/N-ethyl adjacent to an activating group) is 2. The van der Waals surface area contributed by atoms with E-state index in [2.05, 4.69) is 5.32 Å². The fourth-order valence-corrected chi connectivity index (χ4v) is 4.26. The van der Waals surface area contributed by atoms with Gasteiger partial charge in [0.25, 0.3) is 0 Å². The lowest BCUT2D eigenvalue weighted by Crippen LogP contribution is -2.56. The lowest BCUT2D eigenvalue weighted by molar-refractivity contribution is -0.160. The summed E-state index contributed by atoms with van der Waals surface area (Å²) in [5.74, 6) is -2.02. The van der Waals surface area contributed by atoms with E-state index in [1.165, 1.54) is 14.0 Å². The van der Waals surface area contributed by atoms with Gasteiger partial charge in [0.2, 0.25) is 5.91 Å². The maximum Gasteiger partial charge on any atom is 0.410 e. The summed E-state index contributed by atoms with van der Waals surface area (Å²) in [4.78, 5) is 54.3. The van der Waals surface area contributed by atoms with E-state index in [-0.39, 0.29) is 18.9 Å². The Morgan fingerprint density at radius 3 is 2.02 bits per heavy atom. The molecule has 2 aromatic carbocycles. The molecule has 11 heteroatoms. The number of rotatable bonds is 15. The van der Waals surface area contributed by atoms with E-state index in [1.54, 1.807) is 38.2 Å². The molecule has 4 atom stereocenters. The number of ether oxygens (including phenoxy) is 3. The lowest BCUT2D eigenvalue weighted by Gasteiger charge is -2.31. The smallest absolute Gasteiger partial charge is 0.410 e. The van der Waals surface area contributed by atoms with Crippen molar-refractivity contribution in [3.63, 3.8) is 0 Å². The number of esters is 1. The molecular weight excluding hydrogens is 542 g/mol. The van der Waals surface area contributed by atoms with Gasteiger partial charge in [0.05, 0.1) is 7.11 Å². The summed E-state index contributed by atoms with van der Waals surface area (Å²) in [6, 6.07) is 13.1. The highest BCUT2D eigenvalue weighted by Gasteiger charge is 2.36. The zero-order valence-electron chi connectivity index (χ0n) is 25.4. The normalized spacial score (nSPS) is 13.9. The third-order valence-corrected chi connectivity index (χ3v) is 6.78. The minimum absolute atomic E-state index is 0.00227. The van der Waals surface area contributed by atoms with Crippen molar-refractivity contribution >= 4 is 23.9 Å². The van der Waals surface area contributed by atoms with E-state index in [0.29, 0.717) is 12.2 Å². The van der Waals surface area contributed by atoms with Gasteiger partial charge in [-0.2, -0.15) is 0 Å². The van der Waals surface area contributed by atoms with Crippen LogP contribution in [-0.2, 0) is 36.9 Å². The van der Waals surface area contributed by atoms with Crippen LogP contribution in [0.1, 0.15) is 38.3 Å². The highest BCUT2D eigenvalue weighted by Crippen LogP contribution is 2.17. The van der Waals surface area contributed by atoms with Gasteiger partial charge in [-0.15, -0.1) is 0 Å². The largest absolute Gasteiger partial charge is 0.497 e. The Bertz CT molecular complexity index is 1170. The number of amides is 2. The maximum absolute atomic E-state index is 13.4. The average Bonchev–Trinajstić information content (AvgIpc) is 2.95. The molecule has 2 N–H and O–H groups in total. The minimum atomic E-state index is -1.55. The number of aliphatic carboxylic acids is 1. The summed E-state index contributed by atoms with van der Waals surface area (Å²) in [6.07, 6.45) is -1.35. The van der Waals surface area contributed by atoms with Crippen LogP contribution >= 0.6 is 0 Å². The number of carbonyl (C=O) groups excluding carboxylic acids is 3. The summed E-state index contributed by atoms with van der Waals surface area (Å²) in [5, 5.41) is 12.4. The van der Waals surface area contributed by atoms with Gasteiger partial charge in [-0.3, -0.25) is 19.4 Å². The molecule has 0 fully saturated rings. The van der Waals surface area contributed by atoms with Gasteiger partial charge in [0.1, 0.15) is 30.5 Å². The molecule has 2 aromatic rings. The number of carboxylic acid groups (broad SMARTS) is 1. The van der Waals surface area contributed by atoms with Crippen LogP contribution in [0.25, 0.3) is 0 Å². The molecular formula is C31H43N3O8. The molecule has 0 spiro atoms. The fraction of sp³-hybridized carbons (Fsp3) is 0.484. The second-order valence-corrected chi connectivity index (χ2v) is 10.8. The summed E-state index contributed by atoms with van der Waals surface area (Å²) in [5.41, 5.74) is 1.65. The minimum Gasteiger partial charge on any atom is -0.497 e. The van der Waals surface area contributed by atoms with E-state index in [0.717, 1.165) is 16.0 Å². The molecule has 0 radical (unpaired) electrons. The Hall–Kier alpha value is -4.12. The van der Waals surface area contributed by atoms with Crippen molar-refractivity contribution in [1.29, 1.82) is 0 Å².